The van der Waals surface area contributed by atoms with E-state index in [2.05, 4.69) is 0 Å². The average molecular weight is 221 g/mol. The molecule has 5 nitrogen and oxygen atoms in total. The third kappa shape index (κ3) is 1.84. The Kier molecular flexibility index (Phi) is 2.52. The smallest absolute Gasteiger partial charge is 0.336 e. The van der Waals surface area contributed by atoms with Gasteiger partial charge in [0, 0.05) is 24.9 Å². The molecule has 0 aromatic carbocycles. The number of aromatic nitrogens is 1. The number of cyclic esters (lactones) is 1. The van der Waals surface area contributed by atoms with Crippen molar-refractivity contribution in [3.8, 4) is 5.75 Å². The first-order valence-electron chi connectivity index (χ1n) is 4.79. The van der Waals surface area contributed by atoms with Crippen LogP contribution < -0.4 is 10.3 Å². The molecule has 2 heterocycles. The molecule has 84 valence electrons. The van der Waals surface area contributed by atoms with Crippen molar-refractivity contribution >= 4 is 5.97 Å². The maximum atomic E-state index is 11.6. The van der Waals surface area contributed by atoms with Gasteiger partial charge in [-0.15, -0.1) is 0 Å². The number of ether oxygens (including phenoxy) is 2. The molecule has 0 fully saturated rings. The molecule has 0 spiro atoms. The molecule has 2 rings (SSSR count). The summed E-state index contributed by atoms with van der Waals surface area (Å²) in [7, 11) is 1.62. The molecule has 1 aliphatic rings. The Morgan fingerprint density at radius 3 is 2.81 bits per heavy atom. The first kappa shape index (κ1) is 10.5. The third-order valence-corrected chi connectivity index (χ3v) is 2.26. The van der Waals surface area contributed by atoms with E-state index in [0.717, 1.165) is 0 Å². The molecule has 1 aromatic heterocycles. The van der Waals surface area contributed by atoms with Gasteiger partial charge < -0.3 is 14.0 Å². The quantitative estimate of drug-likeness (QED) is 0.686. The number of esters is 1. The van der Waals surface area contributed by atoms with Gasteiger partial charge >= 0.3 is 5.97 Å². The molecule has 1 unspecified atom stereocenters. The van der Waals surface area contributed by atoms with Crippen LogP contribution in [0.4, 0.5) is 0 Å². The number of pyridine rings is 1. The van der Waals surface area contributed by atoms with Gasteiger partial charge in [-0.1, -0.05) is 0 Å². The highest BCUT2D eigenvalue weighted by molar-refractivity contribution is 5.89. The van der Waals surface area contributed by atoms with Crippen molar-refractivity contribution in [2.24, 2.45) is 7.05 Å². The Bertz CT molecular complexity index is 515. The molecule has 16 heavy (non-hydrogen) atoms. The fourth-order valence-electron chi connectivity index (χ4n) is 1.35. The maximum absolute atomic E-state index is 11.6. The summed E-state index contributed by atoms with van der Waals surface area (Å²) in [4.78, 5) is 22.7. The first-order chi connectivity index (χ1) is 7.58. The van der Waals surface area contributed by atoms with Gasteiger partial charge in [0.05, 0.1) is 0 Å². The molecule has 0 saturated carbocycles. The van der Waals surface area contributed by atoms with E-state index in [1.807, 2.05) is 0 Å². The van der Waals surface area contributed by atoms with Crippen molar-refractivity contribution in [1.29, 1.82) is 0 Å². The summed E-state index contributed by atoms with van der Waals surface area (Å²) in [6.07, 6.45) is 2.36. The molecule has 0 radical (unpaired) electrons. The largest absolute Gasteiger partial charge is 0.445 e. The van der Waals surface area contributed by atoms with Crippen LogP contribution in [-0.4, -0.2) is 16.8 Å². The second-order valence-corrected chi connectivity index (χ2v) is 3.53. The summed E-state index contributed by atoms with van der Waals surface area (Å²) in [5.74, 6) is -0.258. The highest BCUT2D eigenvalue weighted by Gasteiger charge is 2.24. The number of nitrogens with zero attached hydrogens (tertiary/aromatic N) is 1. The Morgan fingerprint density at radius 1 is 1.44 bits per heavy atom. The number of rotatable bonds is 2. The minimum atomic E-state index is -0.803. The van der Waals surface area contributed by atoms with Crippen LogP contribution in [0.1, 0.15) is 6.92 Å². The fourth-order valence-corrected chi connectivity index (χ4v) is 1.35. The SMILES string of the molecule is CC1=CC(Oc2cccn(C)c2=O)OC1=O. The van der Waals surface area contributed by atoms with Crippen molar-refractivity contribution in [1.82, 2.24) is 4.57 Å². The van der Waals surface area contributed by atoms with E-state index < -0.39 is 12.3 Å². The lowest BCUT2D eigenvalue weighted by Crippen LogP contribution is -2.23. The van der Waals surface area contributed by atoms with Gasteiger partial charge in [0.1, 0.15) is 0 Å². The minimum Gasteiger partial charge on any atom is -0.445 e. The predicted octanol–water partition coefficient (Wildman–Crippen LogP) is 0.593. The normalized spacial score (nSPS) is 19.2. The monoisotopic (exact) mass is 221 g/mol. The minimum absolute atomic E-state index is 0.161. The molecule has 0 saturated heterocycles. The van der Waals surface area contributed by atoms with E-state index in [0.29, 0.717) is 5.57 Å². The van der Waals surface area contributed by atoms with Gasteiger partial charge in [0.25, 0.3) is 11.8 Å². The summed E-state index contributed by atoms with van der Waals surface area (Å²) >= 11 is 0. The molecule has 0 N–H and O–H groups in total. The van der Waals surface area contributed by atoms with E-state index in [1.165, 1.54) is 16.7 Å². The highest BCUT2D eigenvalue weighted by atomic mass is 16.7. The Balaban J connectivity index is 2.20. The summed E-state index contributed by atoms with van der Waals surface area (Å²) in [6.45, 7) is 1.63. The molecular formula is C11H11NO4. The lowest BCUT2D eigenvalue weighted by molar-refractivity contribution is -0.148. The van der Waals surface area contributed by atoms with E-state index >= 15 is 0 Å². The molecule has 1 aromatic rings. The van der Waals surface area contributed by atoms with Gasteiger partial charge in [0.15, 0.2) is 5.75 Å². The predicted molar refractivity (Wildman–Crippen MR) is 55.9 cm³/mol. The lowest BCUT2D eigenvalue weighted by Gasteiger charge is -2.11. The van der Waals surface area contributed by atoms with Crippen LogP contribution in [0.15, 0.2) is 34.8 Å². The van der Waals surface area contributed by atoms with E-state index in [1.54, 1.807) is 26.2 Å². The molecular weight excluding hydrogens is 210 g/mol. The second kappa shape index (κ2) is 3.84. The molecule has 1 aliphatic heterocycles. The average Bonchev–Trinajstić information content (AvgIpc) is 2.54. The fraction of sp³-hybridized carbons (Fsp3) is 0.273. The van der Waals surface area contributed by atoms with Crippen molar-refractivity contribution in [2.45, 2.75) is 13.2 Å². The van der Waals surface area contributed by atoms with Crippen LogP contribution in [0.3, 0.4) is 0 Å². The standard InChI is InChI=1S/C11H11NO4/c1-7-6-9(16-11(7)14)15-8-4-3-5-12(2)10(8)13/h3-6,9H,1-2H3. The molecule has 5 heteroatoms. The van der Waals surface area contributed by atoms with Gasteiger partial charge in [-0.05, 0) is 19.1 Å². The van der Waals surface area contributed by atoms with Crippen LogP contribution in [-0.2, 0) is 16.6 Å². The summed E-state index contributed by atoms with van der Waals surface area (Å²) in [5.41, 5.74) is 0.217. The van der Waals surface area contributed by atoms with Gasteiger partial charge in [-0.25, -0.2) is 4.79 Å². The molecule has 1 atom stereocenters. The third-order valence-electron chi connectivity index (χ3n) is 2.26. The zero-order valence-corrected chi connectivity index (χ0v) is 8.97. The summed E-state index contributed by atoms with van der Waals surface area (Å²) in [5, 5.41) is 0. The zero-order valence-electron chi connectivity index (χ0n) is 8.97. The molecule has 0 aliphatic carbocycles. The van der Waals surface area contributed by atoms with Crippen molar-refractivity contribution in [3.05, 3.63) is 40.3 Å². The Hall–Kier alpha value is -2.04. The maximum Gasteiger partial charge on any atom is 0.336 e. The topological polar surface area (TPSA) is 57.5 Å². The van der Waals surface area contributed by atoms with Gasteiger partial charge in [0.2, 0.25) is 0 Å². The Morgan fingerprint density at radius 2 is 2.19 bits per heavy atom. The Labute approximate surface area is 91.9 Å². The highest BCUT2D eigenvalue weighted by Crippen LogP contribution is 2.15. The van der Waals surface area contributed by atoms with Crippen molar-refractivity contribution in [3.63, 3.8) is 0 Å². The van der Waals surface area contributed by atoms with E-state index in [-0.39, 0.29) is 11.3 Å². The van der Waals surface area contributed by atoms with Crippen LogP contribution in [0.2, 0.25) is 0 Å². The first-order valence-corrected chi connectivity index (χ1v) is 4.79. The van der Waals surface area contributed by atoms with Crippen molar-refractivity contribution < 1.29 is 14.3 Å². The van der Waals surface area contributed by atoms with Gasteiger partial charge in [-0.2, -0.15) is 0 Å². The van der Waals surface area contributed by atoms with E-state index in [9.17, 15) is 9.59 Å². The van der Waals surface area contributed by atoms with Crippen LogP contribution in [0.25, 0.3) is 0 Å². The van der Waals surface area contributed by atoms with Crippen LogP contribution >= 0.6 is 0 Å². The van der Waals surface area contributed by atoms with Crippen LogP contribution in [0, 0.1) is 0 Å². The molecule has 0 amide bonds. The number of hydrogen-bond donors (Lipinski definition) is 0. The second-order valence-electron chi connectivity index (χ2n) is 3.53. The van der Waals surface area contributed by atoms with E-state index in [4.69, 9.17) is 9.47 Å². The summed E-state index contributed by atoms with van der Waals surface area (Å²) in [6, 6.07) is 3.22. The summed E-state index contributed by atoms with van der Waals surface area (Å²) < 4.78 is 11.5. The number of carbonyl (C=O) groups excluding carboxylic acids is 1. The van der Waals surface area contributed by atoms with Gasteiger partial charge in [-0.3, -0.25) is 4.79 Å². The number of carbonyl (C=O) groups is 1. The van der Waals surface area contributed by atoms with Crippen LogP contribution in [0.5, 0.6) is 5.75 Å². The van der Waals surface area contributed by atoms with Crippen molar-refractivity contribution in [2.75, 3.05) is 0 Å². The lowest BCUT2D eigenvalue weighted by atomic mass is 10.3. The number of hydrogen-bond acceptors (Lipinski definition) is 4. The number of aryl methyl sites for hydroxylation is 1. The molecule has 0 bridgehead atoms. The zero-order chi connectivity index (χ0) is 11.7.